The summed E-state index contributed by atoms with van der Waals surface area (Å²) in [6.07, 6.45) is 3.70. The van der Waals surface area contributed by atoms with Crippen LogP contribution in [0.2, 0.25) is 0 Å². The number of nitrogens with zero attached hydrogens (tertiary/aromatic N) is 2. The Balaban J connectivity index is 2.15. The molecule has 0 aliphatic heterocycles. The highest BCUT2D eigenvalue weighted by atomic mass is 15.2. The number of imidazole rings is 1. The third-order valence-electron chi connectivity index (χ3n) is 4.61. The van der Waals surface area contributed by atoms with E-state index in [0.717, 1.165) is 16.7 Å². The Bertz CT molecular complexity index is 848. The van der Waals surface area contributed by atoms with Crippen LogP contribution < -0.4 is 5.73 Å². The van der Waals surface area contributed by atoms with Crippen molar-refractivity contribution in [1.82, 2.24) is 9.55 Å². The van der Waals surface area contributed by atoms with E-state index in [9.17, 15) is 0 Å². The topological polar surface area (TPSA) is 43.8 Å². The second-order valence-electron chi connectivity index (χ2n) is 5.96. The Kier molecular flexibility index (Phi) is 3.82. The van der Waals surface area contributed by atoms with Crippen LogP contribution >= 0.6 is 0 Å². The SMILES string of the molecule is Nc1nccn1C(c1ccccc1)(c1ccccc1)c1ccccc1. The van der Waals surface area contributed by atoms with Gasteiger partial charge in [0, 0.05) is 12.4 Å². The number of nitrogens with two attached hydrogens (primary N) is 1. The van der Waals surface area contributed by atoms with E-state index >= 15 is 0 Å². The maximum Gasteiger partial charge on any atom is 0.201 e. The maximum atomic E-state index is 6.29. The van der Waals surface area contributed by atoms with Crippen LogP contribution in [0.1, 0.15) is 16.7 Å². The van der Waals surface area contributed by atoms with Gasteiger partial charge in [-0.25, -0.2) is 4.98 Å². The van der Waals surface area contributed by atoms with Gasteiger partial charge in [-0.3, -0.25) is 4.57 Å². The van der Waals surface area contributed by atoms with E-state index < -0.39 is 5.54 Å². The van der Waals surface area contributed by atoms with Crippen molar-refractivity contribution in [3.05, 3.63) is 120 Å². The summed E-state index contributed by atoms with van der Waals surface area (Å²) in [5.41, 5.74) is 9.12. The minimum absolute atomic E-state index is 0.483. The largest absolute Gasteiger partial charge is 0.369 e. The van der Waals surface area contributed by atoms with Gasteiger partial charge in [-0.2, -0.15) is 0 Å². The van der Waals surface area contributed by atoms with Crippen LogP contribution in [-0.2, 0) is 5.54 Å². The lowest BCUT2D eigenvalue weighted by molar-refractivity contribution is 0.522. The lowest BCUT2D eigenvalue weighted by Gasteiger charge is -2.37. The zero-order valence-corrected chi connectivity index (χ0v) is 13.8. The van der Waals surface area contributed by atoms with E-state index in [2.05, 4.69) is 77.8 Å². The van der Waals surface area contributed by atoms with Gasteiger partial charge in [0.1, 0.15) is 5.54 Å². The number of benzene rings is 3. The Hall–Kier alpha value is -3.33. The average Bonchev–Trinajstić information content (AvgIpc) is 3.12. The van der Waals surface area contributed by atoms with Gasteiger partial charge >= 0.3 is 0 Å². The molecule has 0 radical (unpaired) electrons. The number of anilines is 1. The lowest BCUT2D eigenvalue weighted by Crippen LogP contribution is -2.38. The number of rotatable bonds is 4. The Morgan fingerprint density at radius 2 is 1.04 bits per heavy atom. The molecule has 0 amide bonds. The molecule has 25 heavy (non-hydrogen) atoms. The first-order valence-corrected chi connectivity index (χ1v) is 8.29. The highest BCUT2D eigenvalue weighted by molar-refractivity contribution is 5.52. The molecule has 0 aliphatic rings. The first-order chi connectivity index (χ1) is 12.3. The molecule has 0 aliphatic carbocycles. The minimum atomic E-state index is -0.579. The number of nitrogen functional groups attached to an aromatic ring is 1. The van der Waals surface area contributed by atoms with Crippen molar-refractivity contribution in [2.75, 3.05) is 5.73 Å². The fourth-order valence-corrected chi connectivity index (χ4v) is 3.55. The van der Waals surface area contributed by atoms with Gasteiger partial charge in [0.2, 0.25) is 5.95 Å². The van der Waals surface area contributed by atoms with Gasteiger partial charge in [-0.15, -0.1) is 0 Å². The molecule has 122 valence electrons. The summed E-state index contributed by atoms with van der Waals surface area (Å²) in [7, 11) is 0. The van der Waals surface area contributed by atoms with Crippen LogP contribution in [0.3, 0.4) is 0 Å². The summed E-state index contributed by atoms with van der Waals surface area (Å²) in [6, 6.07) is 31.3. The minimum Gasteiger partial charge on any atom is -0.369 e. The molecule has 0 fully saturated rings. The molecule has 3 heteroatoms. The number of aromatic nitrogens is 2. The third-order valence-corrected chi connectivity index (χ3v) is 4.61. The quantitative estimate of drug-likeness (QED) is 0.568. The molecule has 0 saturated heterocycles. The molecule has 2 N–H and O–H groups in total. The summed E-state index contributed by atoms with van der Waals surface area (Å²) in [5.74, 6) is 0.483. The van der Waals surface area contributed by atoms with Crippen molar-refractivity contribution >= 4 is 5.95 Å². The second-order valence-corrected chi connectivity index (χ2v) is 5.96. The summed E-state index contributed by atoms with van der Waals surface area (Å²) in [5, 5.41) is 0. The lowest BCUT2D eigenvalue weighted by atomic mass is 9.76. The van der Waals surface area contributed by atoms with E-state index in [1.165, 1.54) is 0 Å². The van der Waals surface area contributed by atoms with Gasteiger partial charge in [0.05, 0.1) is 0 Å². The van der Waals surface area contributed by atoms with Crippen LogP contribution in [0.15, 0.2) is 103 Å². The van der Waals surface area contributed by atoms with Gasteiger partial charge in [-0.1, -0.05) is 91.0 Å². The Labute approximate surface area is 147 Å². The van der Waals surface area contributed by atoms with Crippen molar-refractivity contribution in [2.24, 2.45) is 0 Å². The van der Waals surface area contributed by atoms with Gasteiger partial charge in [0.25, 0.3) is 0 Å². The van der Waals surface area contributed by atoms with E-state index in [1.807, 2.05) is 29.0 Å². The van der Waals surface area contributed by atoms with Crippen molar-refractivity contribution in [3.8, 4) is 0 Å². The molecule has 1 heterocycles. The van der Waals surface area contributed by atoms with E-state index in [-0.39, 0.29) is 0 Å². The van der Waals surface area contributed by atoms with Crippen LogP contribution in [0.4, 0.5) is 5.95 Å². The molecule has 4 rings (SSSR count). The first kappa shape index (κ1) is 15.2. The zero-order chi connectivity index (χ0) is 17.1. The van der Waals surface area contributed by atoms with E-state index in [4.69, 9.17) is 5.73 Å². The molecule has 3 aromatic carbocycles. The molecule has 0 spiro atoms. The third kappa shape index (κ3) is 2.41. The molecule has 0 bridgehead atoms. The second kappa shape index (κ2) is 6.29. The molecule has 0 unspecified atom stereocenters. The smallest absolute Gasteiger partial charge is 0.201 e. The normalized spacial score (nSPS) is 11.4. The summed E-state index contributed by atoms with van der Waals surface area (Å²) >= 11 is 0. The predicted octanol–water partition coefficient (Wildman–Crippen LogP) is 4.31. The monoisotopic (exact) mass is 325 g/mol. The molecule has 0 saturated carbocycles. The molecule has 0 atom stereocenters. The van der Waals surface area contributed by atoms with Crippen LogP contribution in [0.25, 0.3) is 0 Å². The Morgan fingerprint density at radius 1 is 0.640 bits per heavy atom. The standard InChI is InChI=1S/C22H19N3/c23-21-24-16-17-25(21)22(18-10-4-1-5-11-18,19-12-6-2-7-13-19)20-14-8-3-9-15-20/h1-17H,(H2,23,24). The van der Waals surface area contributed by atoms with Gasteiger partial charge in [0.15, 0.2) is 0 Å². The van der Waals surface area contributed by atoms with Crippen LogP contribution in [0.5, 0.6) is 0 Å². The molecular formula is C22H19N3. The maximum absolute atomic E-state index is 6.29. The van der Waals surface area contributed by atoms with Crippen molar-refractivity contribution in [1.29, 1.82) is 0 Å². The number of hydrogen-bond acceptors (Lipinski definition) is 2. The molecule has 1 aromatic heterocycles. The fraction of sp³-hybridized carbons (Fsp3) is 0.0455. The number of hydrogen-bond donors (Lipinski definition) is 1. The summed E-state index contributed by atoms with van der Waals surface area (Å²) in [4.78, 5) is 4.30. The first-order valence-electron chi connectivity index (χ1n) is 8.29. The van der Waals surface area contributed by atoms with Crippen LogP contribution in [-0.4, -0.2) is 9.55 Å². The molecular weight excluding hydrogens is 306 g/mol. The highest BCUT2D eigenvalue weighted by Gasteiger charge is 2.39. The van der Waals surface area contributed by atoms with E-state index in [0.29, 0.717) is 5.95 Å². The van der Waals surface area contributed by atoms with Gasteiger partial charge in [-0.05, 0) is 16.7 Å². The van der Waals surface area contributed by atoms with Gasteiger partial charge < -0.3 is 5.73 Å². The zero-order valence-electron chi connectivity index (χ0n) is 13.8. The summed E-state index contributed by atoms with van der Waals surface area (Å²) < 4.78 is 2.05. The van der Waals surface area contributed by atoms with E-state index in [1.54, 1.807) is 6.20 Å². The van der Waals surface area contributed by atoms with Crippen molar-refractivity contribution < 1.29 is 0 Å². The molecule has 3 nitrogen and oxygen atoms in total. The van der Waals surface area contributed by atoms with Crippen molar-refractivity contribution in [2.45, 2.75) is 5.54 Å². The Morgan fingerprint density at radius 3 is 1.36 bits per heavy atom. The molecule has 4 aromatic rings. The fourth-order valence-electron chi connectivity index (χ4n) is 3.55. The van der Waals surface area contributed by atoms with Crippen molar-refractivity contribution in [3.63, 3.8) is 0 Å². The predicted molar refractivity (Wildman–Crippen MR) is 101 cm³/mol. The average molecular weight is 325 g/mol. The summed E-state index contributed by atoms with van der Waals surface area (Å²) in [6.45, 7) is 0. The highest BCUT2D eigenvalue weighted by Crippen LogP contribution is 2.41. The van der Waals surface area contributed by atoms with Crippen LogP contribution in [0, 0.1) is 0 Å².